The number of methoxy groups -OCH3 is 1. The van der Waals surface area contributed by atoms with Crippen LogP contribution in [0.3, 0.4) is 0 Å². The van der Waals surface area contributed by atoms with Gasteiger partial charge in [0.2, 0.25) is 0 Å². The maximum Gasteiger partial charge on any atom is 0.573 e. The number of ketones is 1. The van der Waals surface area contributed by atoms with Gasteiger partial charge in [-0.05, 0) is 18.2 Å². The molecule has 0 saturated carbocycles. The smallest absolute Gasteiger partial charge is 0.406 e. The number of rotatable bonds is 4. The first kappa shape index (κ1) is 14.3. The summed E-state index contributed by atoms with van der Waals surface area (Å²) in [5.41, 5.74) is 0.152. The standard InChI is InChI=1S/C12H10F3NO4/c1-19-5-4-16-9-3-2-7(20-12(13,14)15)6-8(9)10(17)11(16)18/h2-3,6H,4-5H2,1H3. The average molecular weight is 289 g/mol. The summed E-state index contributed by atoms with van der Waals surface area (Å²) < 4.78 is 44.9. The number of benzene rings is 1. The van der Waals surface area contributed by atoms with Crippen LogP contribution in [-0.4, -0.2) is 38.3 Å². The van der Waals surface area contributed by atoms with Crippen molar-refractivity contribution in [3.63, 3.8) is 0 Å². The molecule has 0 saturated heterocycles. The average Bonchev–Trinajstić information content (AvgIpc) is 2.58. The van der Waals surface area contributed by atoms with Crippen molar-refractivity contribution in [3.05, 3.63) is 23.8 Å². The first-order chi connectivity index (χ1) is 9.33. The molecule has 0 bridgehead atoms. The zero-order valence-corrected chi connectivity index (χ0v) is 10.4. The zero-order valence-electron chi connectivity index (χ0n) is 10.4. The van der Waals surface area contributed by atoms with E-state index in [-0.39, 0.29) is 24.4 Å². The minimum Gasteiger partial charge on any atom is -0.406 e. The SMILES string of the molecule is COCCN1C(=O)C(=O)c2cc(OC(F)(F)F)ccc21. The summed E-state index contributed by atoms with van der Waals surface area (Å²) in [6, 6.07) is 3.21. The Balaban J connectivity index is 2.31. The first-order valence-corrected chi connectivity index (χ1v) is 5.58. The van der Waals surface area contributed by atoms with Gasteiger partial charge >= 0.3 is 6.36 Å². The van der Waals surface area contributed by atoms with Crippen LogP contribution in [0.15, 0.2) is 18.2 Å². The van der Waals surface area contributed by atoms with E-state index in [0.29, 0.717) is 0 Å². The van der Waals surface area contributed by atoms with Gasteiger partial charge in [-0.2, -0.15) is 0 Å². The van der Waals surface area contributed by atoms with Crippen LogP contribution in [0.1, 0.15) is 10.4 Å². The lowest BCUT2D eigenvalue weighted by atomic mass is 10.1. The molecule has 2 rings (SSSR count). The van der Waals surface area contributed by atoms with Crippen molar-refractivity contribution >= 4 is 17.4 Å². The van der Waals surface area contributed by atoms with E-state index in [1.54, 1.807) is 0 Å². The van der Waals surface area contributed by atoms with Crippen LogP contribution in [0.5, 0.6) is 5.75 Å². The van der Waals surface area contributed by atoms with Gasteiger partial charge in [0.05, 0.1) is 17.9 Å². The number of carbonyl (C=O) groups excluding carboxylic acids is 2. The number of hydrogen-bond donors (Lipinski definition) is 0. The molecule has 0 spiro atoms. The largest absolute Gasteiger partial charge is 0.573 e. The number of nitrogens with zero attached hydrogens (tertiary/aromatic N) is 1. The molecule has 0 radical (unpaired) electrons. The van der Waals surface area contributed by atoms with Crippen LogP contribution in [-0.2, 0) is 9.53 Å². The summed E-state index contributed by atoms with van der Waals surface area (Å²) >= 11 is 0. The summed E-state index contributed by atoms with van der Waals surface area (Å²) in [6.07, 6.45) is -4.85. The number of carbonyl (C=O) groups is 2. The fourth-order valence-corrected chi connectivity index (χ4v) is 1.88. The van der Waals surface area contributed by atoms with Gasteiger partial charge in [-0.3, -0.25) is 9.59 Å². The van der Waals surface area contributed by atoms with Crippen molar-refractivity contribution in [1.82, 2.24) is 0 Å². The predicted molar refractivity (Wildman–Crippen MR) is 61.7 cm³/mol. The van der Waals surface area contributed by atoms with E-state index in [4.69, 9.17) is 4.74 Å². The van der Waals surface area contributed by atoms with E-state index in [2.05, 4.69) is 4.74 Å². The maximum atomic E-state index is 12.1. The summed E-state index contributed by atoms with van der Waals surface area (Å²) in [7, 11) is 1.43. The Morgan fingerprint density at radius 3 is 2.55 bits per heavy atom. The van der Waals surface area contributed by atoms with E-state index in [1.165, 1.54) is 18.1 Å². The number of Topliss-reactive ketones (excluding diaryl/α,β-unsaturated/α-hetero) is 1. The zero-order chi connectivity index (χ0) is 14.9. The van der Waals surface area contributed by atoms with E-state index in [1.807, 2.05) is 0 Å². The molecular formula is C12H10F3NO4. The predicted octanol–water partition coefficient (Wildman–Crippen LogP) is 1.76. The Bertz CT molecular complexity index is 556. The molecule has 1 heterocycles. The van der Waals surface area contributed by atoms with Crippen molar-refractivity contribution in [2.24, 2.45) is 0 Å². The highest BCUT2D eigenvalue weighted by atomic mass is 19.4. The van der Waals surface area contributed by atoms with Crippen molar-refractivity contribution in [2.75, 3.05) is 25.2 Å². The third kappa shape index (κ3) is 2.74. The van der Waals surface area contributed by atoms with Gasteiger partial charge in [-0.15, -0.1) is 13.2 Å². The molecule has 0 fully saturated rings. The van der Waals surface area contributed by atoms with Gasteiger partial charge in [0.25, 0.3) is 11.7 Å². The molecule has 0 N–H and O–H groups in total. The number of amides is 1. The number of fused-ring (bicyclic) bond motifs is 1. The van der Waals surface area contributed by atoms with Gasteiger partial charge in [-0.25, -0.2) is 0 Å². The van der Waals surface area contributed by atoms with E-state index >= 15 is 0 Å². The summed E-state index contributed by atoms with van der Waals surface area (Å²) in [4.78, 5) is 24.6. The Labute approximate surface area is 111 Å². The Hall–Kier alpha value is -2.09. The second-order valence-electron chi connectivity index (χ2n) is 4.01. The third-order valence-electron chi connectivity index (χ3n) is 2.70. The van der Waals surface area contributed by atoms with E-state index in [9.17, 15) is 22.8 Å². The van der Waals surface area contributed by atoms with Crippen molar-refractivity contribution in [2.45, 2.75) is 6.36 Å². The highest BCUT2D eigenvalue weighted by molar-refractivity contribution is 6.52. The maximum absolute atomic E-state index is 12.1. The molecule has 1 aliphatic rings. The van der Waals surface area contributed by atoms with Crippen LogP contribution >= 0.6 is 0 Å². The summed E-state index contributed by atoms with van der Waals surface area (Å²) in [5.74, 6) is -2.18. The summed E-state index contributed by atoms with van der Waals surface area (Å²) in [5, 5.41) is 0. The van der Waals surface area contributed by atoms with E-state index in [0.717, 1.165) is 12.1 Å². The number of halogens is 3. The minimum atomic E-state index is -4.85. The molecule has 5 nitrogen and oxygen atoms in total. The molecule has 0 aliphatic carbocycles. The molecule has 0 unspecified atom stereocenters. The molecule has 0 atom stereocenters. The first-order valence-electron chi connectivity index (χ1n) is 5.58. The summed E-state index contributed by atoms with van der Waals surface area (Å²) in [6.45, 7) is 0.354. The number of alkyl halides is 3. The second kappa shape index (κ2) is 5.12. The molecular weight excluding hydrogens is 279 g/mol. The van der Waals surface area contributed by atoms with Crippen LogP contribution in [0.4, 0.5) is 18.9 Å². The minimum absolute atomic E-state index is 0.104. The Morgan fingerprint density at radius 1 is 1.25 bits per heavy atom. The normalized spacial score (nSPS) is 14.7. The van der Waals surface area contributed by atoms with Gasteiger partial charge in [0.15, 0.2) is 0 Å². The topological polar surface area (TPSA) is 55.8 Å². The quantitative estimate of drug-likeness (QED) is 0.793. The van der Waals surface area contributed by atoms with Gasteiger partial charge < -0.3 is 14.4 Å². The lowest BCUT2D eigenvalue weighted by Gasteiger charge is -2.16. The molecule has 8 heteroatoms. The lowest BCUT2D eigenvalue weighted by molar-refractivity contribution is -0.274. The lowest BCUT2D eigenvalue weighted by Crippen LogP contribution is -2.32. The van der Waals surface area contributed by atoms with Crippen molar-refractivity contribution in [1.29, 1.82) is 0 Å². The molecule has 1 aromatic carbocycles. The van der Waals surface area contributed by atoms with Gasteiger partial charge in [0.1, 0.15) is 5.75 Å². The number of ether oxygens (including phenoxy) is 2. The molecule has 20 heavy (non-hydrogen) atoms. The third-order valence-corrected chi connectivity index (χ3v) is 2.70. The van der Waals surface area contributed by atoms with Crippen LogP contribution in [0.25, 0.3) is 0 Å². The monoisotopic (exact) mass is 289 g/mol. The molecule has 108 valence electrons. The van der Waals surface area contributed by atoms with Gasteiger partial charge in [0, 0.05) is 13.7 Å². The van der Waals surface area contributed by atoms with Crippen LogP contribution in [0, 0.1) is 0 Å². The molecule has 0 aromatic heterocycles. The number of hydrogen-bond acceptors (Lipinski definition) is 4. The van der Waals surface area contributed by atoms with E-state index < -0.39 is 23.8 Å². The fraction of sp³-hybridized carbons (Fsp3) is 0.333. The van der Waals surface area contributed by atoms with Crippen LogP contribution < -0.4 is 9.64 Å². The highest BCUT2D eigenvalue weighted by Gasteiger charge is 2.37. The van der Waals surface area contributed by atoms with Gasteiger partial charge in [-0.1, -0.05) is 0 Å². The molecule has 1 amide bonds. The fourth-order valence-electron chi connectivity index (χ4n) is 1.88. The van der Waals surface area contributed by atoms with Crippen molar-refractivity contribution in [3.8, 4) is 5.75 Å². The number of anilines is 1. The highest BCUT2D eigenvalue weighted by Crippen LogP contribution is 2.33. The van der Waals surface area contributed by atoms with Crippen LogP contribution in [0.2, 0.25) is 0 Å². The van der Waals surface area contributed by atoms with Crippen molar-refractivity contribution < 1.29 is 32.2 Å². The molecule has 1 aromatic rings. The Morgan fingerprint density at radius 2 is 1.95 bits per heavy atom. The Kier molecular flexibility index (Phi) is 3.67. The molecule has 1 aliphatic heterocycles. The second-order valence-corrected chi connectivity index (χ2v) is 4.01.